The average Bonchev–Trinajstić information content (AvgIpc) is 2.73. The van der Waals surface area contributed by atoms with Gasteiger partial charge >= 0.3 is 0 Å². The molecule has 1 N–H and O–H groups in total. The first kappa shape index (κ1) is 15.8. The molecule has 21 heavy (non-hydrogen) atoms. The van der Waals surface area contributed by atoms with Crippen LogP contribution in [0.5, 0.6) is 0 Å². The zero-order chi connectivity index (χ0) is 15.2. The lowest BCUT2D eigenvalue weighted by atomic mass is 10.1. The second-order valence-electron chi connectivity index (χ2n) is 6.00. The summed E-state index contributed by atoms with van der Waals surface area (Å²) in [5, 5.41) is 3.54. The fourth-order valence-corrected chi connectivity index (χ4v) is 2.70. The normalized spacial score (nSPS) is 11.0. The lowest BCUT2D eigenvalue weighted by Crippen LogP contribution is -2.15. The van der Waals surface area contributed by atoms with Crippen LogP contribution in [0.4, 0.5) is 0 Å². The summed E-state index contributed by atoms with van der Waals surface area (Å²) in [6.45, 7) is 11.9. The van der Waals surface area contributed by atoms with Gasteiger partial charge in [0.05, 0.1) is 0 Å². The molecule has 0 unspecified atom stereocenters. The SMILES string of the molecule is CCCCNCc1cc(C)n(Cc2ccc(C)cc2)c1C. The minimum atomic E-state index is 0.965. The van der Waals surface area contributed by atoms with Crippen LogP contribution in [0.25, 0.3) is 0 Å². The van der Waals surface area contributed by atoms with Crippen molar-refractivity contribution in [3.8, 4) is 0 Å². The molecule has 1 heterocycles. The Labute approximate surface area is 129 Å². The Morgan fingerprint density at radius 1 is 1.05 bits per heavy atom. The number of hydrogen-bond donors (Lipinski definition) is 1. The van der Waals surface area contributed by atoms with Gasteiger partial charge in [0, 0.05) is 24.5 Å². The van der Waals surface area contributed by atoms with Gasteiger partial charge in [-0.05, 0) is 50.9 Å². The molecule has 0 spiro atoms. The van der Waals surface area contributed by atoms with Gasteiger partial charge < -0.3 is 9.88 Å². The number of rotatable bonds is 7. The van der Waals surface area contributed by atoms with E-state index in [-0.39, 0.29) is 0 Å². The second kappa shape index (κ2) is 7.46. The highest BCUT2D eigenvalue weighted by Gasteiger charge is 2.09. The molecule has 0 saturated heterocycles. The van der Waals surface area contributed by atoms with Gasteiger partial charge in [0.1, 0.15) is 0 Å². The molecule has 2 rings (SSSR count). The third-order valence-corrected chi connectivity index (χ3v) is 4.16. The molecule has 0 amide bonds. The van der Waals surface area contributed by atoms with Gasteiger partial charge in [-0.3, -0.25) is 0 Å². The molecule has 2 nitrogen and oxygen atoms in total. The van der Waals surface area contributed by atoms with E-state index in [1.54, 1.807) is 0 Å². The molecule has 0 bridgehead atoms. The molecule has 0 radical (unpaired) electrons. The number of benzene rings is 1. The van der Waals surface area contributed by atoms with Crippen LogP contribution >= 0.6 is 0 Å². The highest BCUT2D eigenvalue weighted by molar-refractivity contribution is 5.29. The summed E-state index contributed by atoms with van der Waals surface area (Å²) < 4.78 is 2.42. The lowest BCUT2D eigenvalue weighted by Gasteiger charge is -2.11. The predicted octanol–water partition coefficient (Wildman–Crippen LogP) is 4.35. The van der Waals surface area contributed by atoms with Crippen LogP contribution in [0.15, 0.2) is 30.3 Å². The van der Waals surface area contributed by atoms with Gasteiger partial charge in [-0.2, -0.15) is 0 Å². The summed E-state index contributed by atoms with van der Waals surface area (Å²) in [4.78, 5) is 0. The number of nitrogens with zero attached hydrogens (tertiary/aromatic N) is 1. The van der Waals surface area contributed by atoms with E-state index in [0.717, 1.165) is 19.6 Å². The largest absolute Gasteiger partial charge is 0.344 e. The van der Waals surface area contributed by atoms with Gasteiger partial charge in [-0.1, -0.05) is 43.2 Å². The van der Waals surface area contributed by atoms with Crippen LogP contribution in [-0.4, -0.2) is 11.1 Å². The monoisotopic (exact) mass is 284 g/mol. The molecule has 1 aromatic carbocycles. The Morgan fingerprint density at radius 3 is 2.43 bits per heavy atom. The average molecular weight is 284 g/mol. The Kier molecular flexibility index (Phi) is 5.63. The summed E-state index contributed by atoms with van der Waals surface area (Å²) in [5.74, 6) is 0. The zero-order valence-corrected chi connectivity index (χ0v) is 13.9. The van der Waals surface area contributed by atoms with Crippen LogP contribution in [0.3, 0.4) is 0 Å². The first-order valence-corrected chi connectivity index (χ1v) is 8.03. The van der Waals surface area contributed by atoms with Crippen LogP contribution in [0.2, 0.25) is 0 Å². The van der Waals surface area contributed by atoms with E-state index >= 15 is 0 Å². The Balaban J connectivity index is 2.06. The highest BCUT2D eigenvalue weighted by atomic mass is 15.0. The molecule has 0 atom stereocenters. The van der Waals surface area contributed by atoms with Crippen molar-refractivity contribution >= 4 is 0 Å². The van der Waals surface area contributed by atoms with E-state index in [0.29, 0.717) is 0 Å². The van der Waals surface area contributed by atoms with E-state index in [9.17, 15) is 0 Å². The quantitative estimate of drug-likeness (QED) is 0.748. The van der Waals surface area contributed by atoms with Crippen molar-refractivity contribution in [3.63, 3.8) is 0 Å². The van der Waals surface area contributed by atoms with Crippen LogP contribution in [-0.2, 0) is 13.1 Å². The number of unbranched alkanes of at least 4 members (excludes halogenated alkanes) is 1. The van der Waals surface area contributed by atoms with Crippen molar-refractivity contribution in [1.82, 2.24) is 9.88 Å². The molecule has 1 aromatic heterocycles. The lowest BCUT2D eigenvalue weighted by molar-refractivity contribution is 0.637. The third-order valence-electron chi connectivity index (χ3n) is 4.16. The van der Waals surface area contributed by atoms with Crippen LogP contribution in [0.1, 0.15) is 47.8 Å². The minimum Gasteiger partial charge on any atom is -0.344 e. The second-order valence-corrected chi connectivity index (χ2v) is 6.00. The maximum absolute atomic E-state index is 3.54. The number of nitrogens with one attached hydrogen (secondary N) is 1. The minimum absolute atomic E-state index is 0.965. The van der Waals surface area contributed by atoms with Crippen LogP contribution in [0, 0.1) is 20.8 Å². The summed E-state index contributed by atoms with van der Waals surface area (Å²) in [7, 11) is 0. The maximum atomic E-state index is 3.54. The van der Waals surface area contributed by atoms with Gasteiger partial charge in [-0.15, -0.1) is 0 Å². The fourth-order valence-electron chi connectivity index (χ4n) is 2.70. The molecule has 0 aliphatic heterocycles. The Morgan fingerprint density at radius 2 is 1.76 bits per heavy atom. The Bertz CT molecular complexity index is 564. The first-order chi connectivity index (χ1) is 10.1. The number of aromatic nitrogens is 1. The Hall–Kier alpha value is -1.54. The summed E-state index contributed by atoms with van der Waals surface area (Å²) >= 11 is 0. The van der Waals surface area contributed by atoms with E-state index < -0.39 is 0 Å². The third kappa shape index (κ3) is 4.21. The predicted molar refractivity (Wildman–Crippen MR) is 90.8 cm³/mol. The molecule has 0 fully saturated rings. The number of hydrogen-bond acceptors (Lipinski definition) is 1. The first-order valence-electron chi connectivity index (χ1n) is 8.03. The molecule has 2 aromatic rings. The topological polar surface area (TPSA) is 17.0 Å². The van der Waals surface area contributed by atoms with Gasteiger partial charge in [0.25, 0.3) is 0 Å². The molecular formula is C19H28N2. The van der Waals surface area contributed by atoms with Crippen LogP contribution < -0.4 is 5.32 Å². The van der Waals surface area contributed by atoms with Crippen molar-refractivity contribution in [1.29, 1.82) is 0 Å². The molecule has 0 saturated carbocycles. The molecule has 0 aliphatic carbocycles. The van der Waals surface area contributed by atoms with Crippen molar-refractivity contribution < 1.29 is 0 Å². The van der Waals surface area contributed by atoms with E-state index in [4.69, 9.17) is 0 Å². The summed E-state index contributed by atoms with van der Waals surface area (Å²) in [6, 6.07) is 11.2. The maximum Gasteiger partial charge on any atom is 0.0475 e. The van der Waals surface area contributed by atoms with Gasteiger partial charge in [0.15, 0.2) is 0 Å². The van der Waals surface area contributed by atoms with Gasteiger partial charge in [-0.25, -0.2) is 0 Å². The van der Waals surface area contributed by atoms with Crippen molar-refractivity contribution in [2.24, 2.45) is 0 Å². The summed E-state index contributed by atoms with van der Waals surface area (Å²) in [6.07, 6.45) is 2.50. The molecule has 0 aliphatic rings. The highest BCUT2D eigenvalue weighted by Crippen LogP contribution is 2.17. The van der Waals surface area contributed by atoms with E-state index in [1.165, 1.54) is 40.9 Å². The van der Waals surface area contributed by atoms with Gasteiger partial charge in [0.2, 0.25) is 0 Å². The van der Waals surface area contributed by atoms with E-state index in [1.807, 2.05) is 0 Å². The standard InChI is InChI=1S/C19H28N2/c1-5-6-11-20-13-19-12-16(3)21(17(19)4)14-18-9-7-15(2)8-10-18/h7-10,12,20H,5-6,11,13-14H2,1-4H3. The molecule has 2 heteroatoms. The van der Waals surface area contributed by atoms with E-state index in [2.05, 4.69) is 67.9 Å². The zero-order valence-electron chi connectivity index (χ0n) is 13.9. The smallest absolute Gasteiger partial charge is 0.0475 e. The summed E-state index contributed by atoms with van der Waals surface area (Å²) in [5.41, 5.74) is 6.85. The van der Waals surface area contributed by atoms with Crippen molar-refractivity contribution in [3.05, 3.63) is 58.4 Å². The van der Waals surface area contributed by atoms with Crippen molar-refractivity contribution in [2.45, 2.75) is 53.6 Å². The fraction of sp³-hybridized carbons (Fsp3) is 0.474. The van der Waals surface area contributed by atoms with Crippen molar-refractivity contribution in [2.75, 3.05) is 6.54 Å². The molecular weight excluding hydrogens is 256 g/mol. The molecule has 114 valence electrons. The number of aryl methyl sites for hydroxylation is 2.